The van der Waals surface area contributed by atoms with Crippen LogP contribution >= 0.6 is 0 Å². The van der Waals surface area contributed by atoms with Crippen molar-refractivity contribution >= 4 is 34.7 Å². The van der Waals surface area contributed by atoms with E-state index in [9.17, 15) is 14.0 Å². The van der Waals surface area contributed by atoms with Crippen molar-refractivity contribution in [1.82, 2.24) is 29.8 Å². The number of hydrogen-bond donors (Lipinski definition) is 4. The van der Waals surface area contributed by atoms with Crippen LogP contribution in [-0.2, 0) is 4.79 Å². The third-order valence-corrected chi connectivity index (χ3v) is 6.56. The summed E-state index contributed by atoms with van der Waals surface area (Å²) in [6.07, 6.45) is 9.59. The average Bonchev–Trinajstić information content (AvgIpc) is 3.56. The van der Waals surface area contributed by atoms with Gasteiger partial charge in [0.2, 0.25) is 5.91 Å². The fourth-order valence-electron chi connectivity index (χ4n) is 4.56. The van der Waals surface area contributed by atoms with Crippen LogP contribution < -0.4 is 21.3 Å². The standard InChI is InChI=1S/C25H32FN9O2/c1-34(2)14-23(36)31-17-7-5-16(6-8-17)30-22-11-20(29-15-3-4-15)24-28-13-21(35(24)33-22)25(37)32-19-9-10-27-12-18(19)26/h9-13,15-17,29H,3-8,14H2,1-2H3,(H,30,33)(H,31,36)(H,27,32,37). The van der Waals surface area contributed by atoms with Crippen LogP contribution in [0.1, 0.15) is 49.0 Å². The number of nitrogens with zero attached hydrogens (tertiary/aromatic N) is 5. The zero-order valence-electron chi connectivity index (χ0n) is 21.0. The van der Waals surface area contributed by atoms with Gasteiger partial charge in [-0.1, -0.05) is 0 Å². The molecule has 2 amide bonds. The van der Waals surface area contributed by atoms with Gasteiger partial charge in [0.25, 0.3) is 5.91 Å². The maximum absolute atomic E-state index is 14.0. The Balaban J connectivity index is 1.31. The van der Waals surface area contributed by atoms with Gasteiger partial charge >= 0.3 is 0 Å². The lowest BCUT2D eigenvalue weighted by molar-refractivity contribution is -0.122. The highest BCUT2D eigenvalue weighted by atomic mass is 19.1. The van der Waals surface area contributed by atoms with Crippen molar-refractivity contribution in [2.45, 2.75) is 56.7 Å². The van der Waals surface area contributed by atoms with E-state index in [1.54, 1.807) is 0 Å². The Hall–Kier alpha value is -3.80. The molecule has 196 valence electrons. The van der Waals surface area contributed by atoms with Gasteiger partial charge in [0, 0.05) is 30.4 Å². The Morgan fingerprint density at radius 1 is 1.03 bits per heavy atom. The lowest BCUT2D eigenvalue weighted by Crippen LogP contribution is -2.43. The summed E-state index contributed by atoms with van der Waals surface area (Å²) >= 11 is 0. The SMILES string of the molecule is CN(C)CC(=O)NC1CCC(Nc2cc(NC3CC3)c3ncc(C(=O)Nc4ccncc4F)n3n2)CC1. The van der Waals surface area contributed by atoms with Gasteiger partial charge in [-0.3, -0.25) is 14.6 Å². The van der Waals surface area contributed by atoms with E-state index in [1.165, 1.54) is 23.0 Å². The molecule has 0 radical (unpaired) electrons. The Kier molecular flexibility index (Phi) is 7.17. The summed E-state index contributed by atoms with van der Waals surface area (Å²) in [6.45, 7) is 0.382. The van der Waals surface area contributed by atoms with Gasteiger partial charge in [0.05, 0.1) is 30.3 Å². The lowest BCUT2D eigenvalue weighted by Gasteiger charge is -2.30. The summed E-state index contributed by atoms with van der Waals surface area (Å²) in [5.41, 5.74) is 1.56. The number of fused-ring (bicyclic) bond motifs is 1. The van der Waals surface area contributed by atoms with Crippen LogP contribution in [0.2, 0.25) is 0 Å². The molecule has 12 heteroatoms. The van der Waals surface area contributed by atoms with Crippen molar-refractivity contribution in [3.8, 4) is 0 Å². The molecule has 0 atom stereocenters. The molecule has 0 bridgehead atoms. The van der Waals surface area contributed by atoms with Crippen molar-refractivity contribution in [3.63, 3.8) is 0 Å². The average molecular weight is 510 g/mol. The van der Waals surface area contributed by atoms with E-state index in [0.717, 1.165) is 50.4 Å². The number of likely N-dealkylation sites (N-methyl/N-ethyl adjacent to an activating group) is 1. The van der Waals surface area contributed by atoms with Crippen molar-refractivity contribution in [1.29, 1.82) is 0 Å². The summed E-state index contributed by atoms with van der Waals surface area (Å²) in [5.74, 6) is -0.474. The Morgan fingerprint density at radius 2 is 1.73 bits per heavy atom. The minimum atomic E-state index is -0.621. The number of amides is 2. The number of carbonyl (C=O) groups excluding carboxylic acids is 2. The topological polar surface area (TPSA) is 129 Å². The summed E-state index contributed by atoms with van der Waals surface area (Å²) in [4.78, 5) is 35.1. The molecule has 3 aromatic rings. The van der Waals surface area contributed by atoms with Crippen LogP contribution in [0.15, 0.2) is 30.7 Å². The molecule has 0 spiro atoms. The smallest absolute Gasteiger partial charge is 0.276 e. The highest BCUT2D eigenvalue weighted by molar-refractivity contribution is 6.03. The van der Waals surface area contributed by atoms with E-state index in [1.807, 2.05) is 25.1 Å². The Morgan fingerprint density at radius 3 is 2.43 bits per heavy atom. The van der Waals surface area contributed by atoms with E-state index < -0.39 is 11.7 Å². The van der Waals surface area contributed by atoms with Gasteiger partial charge in [0.1, 0.15) is 5.82 Å². The predicted octanol–water partition coefficient (Wildman–Crippen LogP) is 2.49. The first-order valence-corrected chi connectivity index (χ1v) is 12.6. The normalized spacial score (nSPS) is 19.6. The van der Waals surface area contributed by atoms with Gasteiger partial charge in [-0.2, -0.15) is 0 Å². The lowest BCUT2D eigenvalue weighted by atomic mass is 9.91. The van der Waals surface area contributed by atoms with Gasteiger partial charge < -0.3 is 26.2 Å². The first kappa shape index (κ1) is 24.9. The number of rotatable bonds is 9. The van der Waals surface area contributed by atoms with Crippen LogP contribution in [-0.4, -0.2) is 75.1 Å². The molecule has 37 heavy (non-hydrogen) atoms. The molecule has 11 nitrogen and oxygen atoms in total. The Bertz CT molecular complexity index is 1280. The van der Waals surface area contributed by atoms with Crippen LogP contribution in [0, 0.1) is 5.82 Å². The van der Waals surface area contributed by atoms with E-state index >= 15 is 0 Å². The fraction of sp³-hybridized carbons (Fsp3) is 0.480. The van der Waals surface area contributed by atoms with Gasteiger partial charge in [-0.15, -0.1) is 5.10 Å². The second kappa shape index (κ2) is 10.7. The number of imidazole rings is 1. The zero-order valence-corrected chi connectivity index (χ0v) is 21.0. The van der Waals surface area contributed by atoms with Crippen molar-refractivity contribution in [2.75, 3.05) is 36.6 Å². The number of carbonyl (C=O) groups is 2. The third-order valence-electron chi connectivity index (χ3n) is 6.56. The maximum atomic E-state index is 14.0. The van der Waals surface area contributed by atoms with Crippen LogP contribution in [0.5, 0.6) is 0 Å². The molecule has 2 aliphatic carbocycles. The third kappa shape index (κ3) is 6.13. The van der Waals surface area contributed by atoms with E-state index in [2.05, 4.69) is 36.3 Å². The van der Waals surface area contributed by atoms with Crippen LogP contribution in [0.25, 0.3) is 5.65 Å². The van der Waals surface area contributed by atoms with Gasteiger partial charge in [0.15, 0.2) is 17.2 Å². The van der Waals surface area contributed by atoms with Gasteiger partial charge in [-0.05, 0) is 58.7 Å². The maximum Gasteiger partial charge on any atom is 0.276 e. The number of aromatic nitrogens is 4. The summed E-state index contributed by atoms with van der Waals surface area (Å²) in [5, 5.41) is 17.3. The molecule has 2 saturated carbocycles. The monoisotopic (exact) mass is 509 g/mol. The zero-order chi connectivity index (χ0) is 25.9. The molecule has 0 aromatic carbocycles. The molecule has 2 fully saturated rings. The fourth-order valence-corrected chi connectivity index (χ4v) is 4.56. The number of halogens is 1. The highest BCUT2D eigenvalue weighted by Crippen LogP contribution is 2.30. The number of pyridine rings is 1. The second-order valence-electron chi connectivity index (χ2n) is 10.0. The second-order valence-corrected chi connectivity index (χ2v) is 10.0. The molecule has 5 rings (SSSR count). The molecule has 4 N–H and O–H groups in total. The first-order valence-electron chi connectivity index (χ1n) is 12.6. The predicted molar refractivity (Wildman–Crippen MR) is 138 cm³/mol. The minimum Gasteiger partial charge on any atom is -0.379 e. The molecular formula is C25H32FN9O2. The molecule has 0 saturated heterocycles. The minimum absolute atomic E-state index is 0.0370. The highest BCUT2D eigenvalue weighted by Gasteiger charge is 2.26. The van der Waals surface area contributed by atoms with E-state index in [0.29, 0.717) is 24.1 Å². The van der Waals surface area contributed by atoms with Crippen LogP contribution in [0.4, 0.5) is 21.6 Å². The number of anilines is 3. The molecule has 0 aliphatic heterocycles. The van der Waals surface area contributed by atoms with E-state index in [4.69, 9.17) is 0 Å². The molecule has 3 aromatic heterocycles. The number of hydrogen-bond acceptors (Lipinski definition) is 8. The molecule has 0 unspecified atom stereocenters. The van der Waals surface area contributed by atoms with Crippen molar-refractivity contribution in [3.05, 3.63) is 42.2 Å². The van der Waals surface area contributed by atoms with Crippen molar-refractivity contribution < 1.29 is 14.0 Å². The quantitative estimate of drug-likeness (QED) is 0.346. The number of nitrogens with one attached hydrogen (secondary N) is 4. The summed E-state index contributed by atoms with van der Waals surface area (Å²) < 4.78 is 15.5. The molecule has 3 heterocycles. The summed E-state index contributed by atoms with van der Waals surface area (Å²) in [7, 11) is 3.76. The summed E-state index contributed by atoms with van der Waals surface area (Å²) in [6, 6.07) is 4.06. The van der Waals surface area contributed by atoms with Crippen LogP contribution in [0.3, 0.4) is 0 Å². The molecule has 2 aliphatic rings. The molecular weight excluding hydrogens is 477 g/mol. The Labute approximate surface area is 214 Å². The van der Waals surface area contributed by atoms with Crippen molar-refractivity contribution in [2.24, 2.45) is 0 Å². The largest absolute Gasteiger partial charge is 0.379 e. The van der Waals surface area contributed by atoms with Gasteiger partial charge in [-0.25, -0.2) is 13.9 Å². The van der Waals surface area contributed by atoms with E-state index in [-0.39, 0.29) is 29.4 Å². The first-order chi connectivity index (χ1) is 17.9.